The van der Waals surface area contributed by atoms with Gasteiger partial charge in [0.05, 0.1) is 0 Å². The van der Waals surface area contributed by atoms with Crippen LogP contribution in [0.1, 0.15) is 17.2 Å². The van der Waals surface area contributed by atoms with Crippen LogP contribution < -0.4 is 5.32 Å². The van der Waals surface area contributed by atoms with Gasteiger partial charge in [-0.2, -0.15) is 0 Å². The second-order valence-corrected chi connectivity index (χ2v) is 5.92. The molecule has 0 aromatic heterocycles. The average molecular weight is 373 g/mol. The Balaban J connectivity index is 2.40. The zero-order chi connectivity index (χ0) is 15.6. The molecule has 0 aliphatic rings. The third-order valence-corrected chi connectivity index (χ3v) is 3.71. The third-order valence-electron chi connectivity index (χ3n) is 2.87. The molecule has 0 aliphatic heterocycles. The molecule has 0 saturated heterocycles. The number of hydrogen-bond donors (Lipinski definition) is 2. The van der Waals surface area contributed by atoms with E-state index < -0.39 is 17.8 Å². The minimum atomic E-state index is -1.10. The molecule has 0 bridgehead atoms. The second kappa shape index (κ2) is 6.45. The molecule has 6 heteroatoms. The molecule has 0 aliphatic carbocycles. The van der Waals surface area contributed by atoms with Crippen molar-refractivity contribution in [1.29, 1.82) is 0 Å². The van der Waals surface area contributed by atoms with Crippen molar-refractivity contribution in [1.82, 2.24) is 0 Å². The maximum absolute atomic E-state index is 13.4. The van der Waals surface area contributed by atoms with Crippen LogP contribution >= 0.6 is 27.5 Å². The smallest absolute Gasteiger partial charge is 0.330 e. The summed E-state index contributed by atoms with van der Waals surface area (Å²) in [5.74, 6) is -1.53. The summed E-state index contributed by atoms with van der Waals surface area (Å²) in [4.78, 5) is 11.5. The largest absolute Gasteiger partial charge is 0.479 e. The minimum absolute atomic E-state index is 0.325. The maximum atomic E-state index is 13.4. The number of carboxylic acids is 1. The lowest BCUT2D eigenvalue weighted by Crippen LogP contribution is -2.21. The van der Waals surface area contributed by atoms with E-state index in [0.29, 0.717) is 26.3 Å². The van der Waals surface area contributed by atoms with Crippen LogP contribution in [0.25, 0.3) is 0 Å². The summed E-state index contributed by atoms with van der Waals surface area (Å²) >= 11 is 9.35. The third kappa shape index (κ3) is 3.95. The number of halogens is 3. The fraction of sp³-hybridized carbons (Fsp3) is 0.133. The Morgan fingerprint density at radius 3 is 2.67 bits per heavy atom. The van der Waals surface area contributed by atoms with Gasteiger partial charge in [-0.3, -0.25) is 0 Å². The predicted molar refractivity (Wildman–Crippen MR) is 84.3 cm³/mol. The van der Waals surface area contributed by atoms with E-state index in [1.807, 2.05) is 0 Å². The van der Waals surface area contributed by atoms with Gasteiger partial charge in [0.2, 0.25) is 0 Å². The molecule has 0 radical (unpaired) electrons. The molecular weight excluding hydrogens is 361 g/mol. The predicted octanol–water partition coefficient (Wildman–Crippen LogP) is 4.79. The number of rotatable bonds is 4. The van der Waals surface area contributed by atoms with E-state index in [9.17, 15) is 14.3 Å². The highest BCUT2D eigenvalue weighted by atomic mass is 79.9. The summed E-state index contributed by atoms with van der Waals surface area (Å²) < 4.78 is 14.1. The quantitative estimate of drug-likeness (QED) is 0.811. The standard InChI is InChI=1S/C15H12BrClFNO2/c1-8-4-10(18)7-11(5-8)19-14(15(20)21)12-6-9(16)2-3-13(12)17/h2-7,14,19H,1H3,(H,20,21). The Bertz CT molecular complexity index is 673. The zero-order valence-electron chi connectivity index (χ0n) is 11.0. The first-order valence-electron chi connectivity index (χ1n) is 6.08. The van der Waals surface area contributed by atoms with E-state index in [-0.39, 0.29) is 0 Å². The van der Waals surface area contributed by atoms with Gasteiger partial charge in [-0.1, -0.05) is 27.5 Å². The number of carbonyl (C=O) groups is 1. The van der Waals surface area contributed by atoms with Gasteiger partial charge in [-0.25, -0.2) is 9.18 Å². The normalized spacial score (nSPS) is 12.0. The SMILES string of the molecule is Cc1cc(F)cc(NC(C(=O)O)c2cc(Br)ccc2Cl)c1. The first-order valence-corrected chi connectivity index (χ1v) is 7.25. The Hall–Kier alpha value is -1.59. The molecule has 2 aromatic rings. The number of carboxylic acid groups (broad SMARTS) is 1. The highest BCUT2D eigenvalue weighted by Gasteiger charge is 2.22. The Labute approximate surface area is 134 Å². The second-order valence-electron chi connectivity index (χ2n) is 4.60. The van der Waals surface area contributed by atoms with Gasteiger partial charge in [0, 0.05) is 20.7 Å². The molecule has 3 nitrogen and oxygen atoms in total. The molecular formula is C15H12BrClFNO2. The van der Waals surface area contributed by atoms with Crippen molar-refractivity contribution < 1.29 is 14.3 Å². The number of aryl methyl sites for hydroxylation is 1. The fourth-order valence-corrected chi connectivity index (χ4v) is 2.60. The molecule has 0 fully saturated rings. The van der Waals surface area contributed by atoms with Crippen LogP contribution in [0, 0.1) is 12.7 Å². The molecule has 1 unspecified atom stereocenters. The number of aliphatic carboxylic acids is 1. The van der Waals surface area contributed by atoms with E-state index >= 15 is 0 Å². The van der Waals surface area contributed by atoms with Crippen molar-refractivity contribution in [3.8, 4) is 0 Å². The van der Waals surface area contributed by atoms with Gasteiger partial charge in [0.1, 0.15) is 5.82 Å². The molecule has 0 saturated carbocycles. The van der Waals surface area contributed by atoms with Crippen LogP contribution in [0.15, 0.2) is 40.9 Å². The molecule has 21 heavy (non-hydrogen) atoms. The van der Waals surface area contributed by atoms with Crippen molar-refractivity contribution in [2.75, 3.05) is 5.32 Å². The van der Waals surface area contributed by atoms with E-state index in [1.165, 1.54) is 12.1 Å². The van der Waals surface area contributed by atoms with E-state index in [0.717, 1.165) is 0 Å². The molecule has 2 aromatic carbocycles. The fourth-order valence-electron chi connectivity index (χ4n) is 1.99. The Kier molecular flexibility index (Phi) is 4.85. The van der Waals surface area contributed by atoms with Crippen molar-refractivity contribution >= 4 is 39.2 Å². The van der Waals surface area contributed by atoms with E-state index in [1.54, 1.807) is 31.2 Å². The molecule has 1 atom stereocenters. The van der Waals surface area contributed by atoms with Crippen LogP contribution in [-0.4, -0.2) is 11.1 Å². The lowest BCUT2D eigenvalue weighted by molar-refractivity contribution is -0.138. The van der Waals surface area contributed by atoms with Gasteiger partial charge in [0.25, 0.3) is 0 Å². The first kappa shape index (κ1) is 15.8. The molecule has 110 valence electrons. The van der Waals surface area contributed by atoms with Crippen LogP contribution in [0.2, 0.25) is 5.02 Å². The summed E-state index contributed by atoms with van der Waals surface area (Å²) in [5, 5.41) is 12.5. The van der Waals surface area contributed by atoms with Crippen molar-refractivity contribution in [2.45, 2.75) is 13.0 Å². The summed E-state index contributed by atoms with van der Waals surface area (Å²) in [5.41, 5.74) is 1.48. The Morgan fingerprint density at radius 2 is 2.05 bits per heavy atom. The number of nitrogens with one attached hydrogen (secondary N) is 1. The molecule has 0 heterocycles. The van der Waals surface area contributed by atoms with Gasteiger partial charge >= 0.3 is 5.97 Å². The van der Waals surface area contributed by atoms with Crippen LogP contribution in [-0.2, 0) is 4.79 Å². The highest BCUT2D eigenvalue weighted by molar-refractivity contribution is 9.10. The van der Waals surface area contributed by atoms with Crippen LogP contribution in [0.4, 0.5) is 10.1 Å². The molecule has 0 amide bonds. The van der Waals surface area contributed by atoms with Crippen molar-refractivity contribution in [3.63, 3.8) is 0 Å². The number of hydrogen-bond acceptors (Lipinski definition) is 2. The summed E-state index contributed by atoms with van der Waals surface area (Å²) in [6.45, 7) is 1.73. The summed E-state index contributed by atoms with van der Waals surface area (Å²) in [6, 6.07) is 8.16. The highest BCUT2D eigenvalue weighted by Crippen LogP contribution is 2.29. The van der Waals surface area contributed by atoms with Crippen molar-refractivity contribution in [2.24, 2.45) is 0 Å². The van der Waals surface area contributed by atoms with Crippen LogP contribution in [0.5, 0.6) is 0 Å². The molecule has 2 N–H and O–H groups in total. The van der Waals surface area contributed by atoms with Crippen LogP contribution in [0.3, 0.4) is 0 Å². The van der Waals surface area contributed by atoms with Crippen molar-refractivity contribution in [3.05, 3.63) is 62.8 Å². The lowest BCUT2D eigenvalue weighted by atomic mass is 10.1. The summed E-state index contributed by atoms with van der Waals surface area (Å²) in [7, 11) is 0. The topological polar surface area (TPSA) is 49.3 Å². The van der Waals surface area contributed by atoms with E-state index in [4.69, 9.17) is 11.6 Å². The monoisotopic (exact) mass is 371 g/mol. The maximum Gasteiger partial charge on any atom is 0.330 e. The van der Waals surface area contributed by atoms with Gasteiger partial charge in [-0.15, -0.1) is 0 Å². The van der Waals surface area contributed by atoms with E-state index in [2.05, 4.69) is 21.2 Å². The minimum Gasteiger partial charge on any atom is -0.479 e. The average Bonchev–Trinajstić information content (AvgIpc) is 2.37. The lowest BCUT2D eigenvalue weighted by Gasteiger charge is -2.18. The first-order chi connectivity index (χ1) is 9.86. The van der Waals surface area contributed by atoms with Gasteiger partial charge in [-0.05, 0) is 48.9 Å². The number of anilines is 1. The molecule has 2 rings (SSSR count). The van der Waals surface area contributed by atoms with Gasteiger partial charge < -0.3 is 10.4 Å². The molecule has 0 spiro atoms. The number of benzene rings is 2. The van der Waals surface area contributed by atoms with Gasteiger partial charge in [0.15, 0.2) is 6.04 Å². The summed E-state index contributed by atoms with van der Waals surface area (Å²) in [6.07, 6.45) is 0. The zero-order valence-corrected chi connectivity index (χ0v) is 13.4. The Morgan fingerprint density at radius 1 is 1.33 bits per heavy atom.